The Morgan fingerprint density at radius 1 is 1.24 bits per heavy atom. The van der Waals surface area contributed by atoms with Gasteiger partial charge in [0.15, 0.2) is 0 Å². The molecule has 2 fully saturated rings. The number of nitrogens with one attached hydrogen (secondary N) is 1. The van der Waals surface area contributed by atoms with Crippen molar-refractivity contribution in [1.29, 1.82) is 0 Å². The summed E-state index contributed by atoms with van der Waals surface area (Å²) in [6, 6.07) is 2.38. The van der Waals surface area contributed by atoms with Crippen molar-refractivity contribution in [1.82, 2.24) is 19.7 Å². The highest BCUT2D eigenvalue weighted by molar-refractivity contribution is 5.93. The first-order chi connectivity index (χ1) is 11.9. The Balaban J connectivity index is 1.62. The quantitative estimate of drug-likeness (QED) is 0.725. The summed E-state index contributed by atoms with van der Waals surface area (Å²) >= 11 is 0. The number of aromatic nitrogens is 4. The molecule has 0 saturated heterocycles. The normalized spacial score (nSPS) is 30.4. The molecule has 130 valence electrons. The molecule has 2 aliphatic rings. The molecule has 0 amide bonds. The second-order valence-corrected chi connectivity index (χ2v) is 8.93. The smallest absolute Gasteiger partial charge is 0.137 e. The van der Waals surface area contributed by atoms with Gasteiger partial charge in [0.2, 0.25) is 0 Å². The summed E-state index contributed by atoms with van der Waals surface area (Å²) in [7, 11) is 1.96. The summed E-state index contributed by atoms with van der Waals surface area (Å²) in [5.74, 6) is 1.47. The van der Waals surface area contributed by atoms with Gasteiger partial charge >= 0.3 is 0 Å². The first kappa shape index (κ1) is 15.2. The van der Waals surface area contributed by atoms with E-state index in [2.05, 4.69) is 55.5 Å². The number of H-pyrrole nitrogens is 1. The minimum Gasteiger partial charge on any atom is -0.346 e. The van der Waals surface area contributed by atoms with E-state index in [1.54, 1.807) is 0 Å². The molecule has 3 aromatic rings. The number of aryl methyl sites for hydroxylation is 1. The molecule has 2 saturated carbocycles. The number of hydrogen-bond donors (Lipinski definition) is 1. The molecule has 0 aromatic carbocycles. The first-order valence-electron chi connectivity index (χ1n) is 9.36. The van der Waals surface area contributed by atoms with E-state index in [0.29, 0.717) is 16.7 Å². The molecule has 25 heavy (non-hydrogen) atoms. The average molecular weight is 334 g/mol. The molecule has 2 bridgehead atoms. The summed E-state index contributed by atoms with van der Waals surface area (Å²) in [6.07, 6.45) is 12.2. The fraction of sp³-hybridized carbons (Fsp3) is 0.524. The van der Waals surface area contributed by atoms with E-state index in [1.807, 2.05) is 17.9 Å². The fourth-order valence-corrected chi connectivity index (χ4v) is 5.72. The van der Waals surface area contributed by atoms with Crippen LogP contribution < -0.4 is 0 Å². The van der Waals surface area contributed by atoms with Gasteiger partial charge in [-0.25, -0.2) is 4.98 Å². The second kappa shape index (κ2) is 4.75. The lowest BCUT2D eigenvalue weighted by atomic mass is 9.65. The molecule has 0 spiro atoms. The van der Waals surface area contributed by atoms with E-state index in [9.17, 15) is 0 Å². The molecule has 0 radical (unpaired) electrons. The Labute approximate surface area is 148 Å². The highest BCUT2D eigenvalue weighted by Crippen LogP contribution is 2.70. The highest BCUT2D eigenvalue weighted by atomic mass is 15.2. The number of nitrogens with zero attached hydrogens (tertiary/aromatic N) is 3. The van der Waals surface area contributed by atoms with Gasteiger partial charge in [0.1, 0.15) is 5.65 Å². The molecule has 2 aliphatic carbocycles. The zero-order chi connectivity index (χ0) is 17.4. The first-order valence-corrected chi connectivity index (χ1v) is 9.36. The Hall–Kier alpha value is -2.10. The van der Waals surface area contributed by atoms with Crippen molar-refractivity contribution in [3.8, 4) is 11.1 Å². The number of aromatic amines is 1. The Morgan fingerprint density at radius 2 is 2.08 bits per heavy atom. The van der Waals surface area contributed by atoms with Crippen LogP contribution in [-0.4, -0.2) is 19.7 Å². The van der Waals surface area contributed by atoms with Gasteiger partial charge in [-0.05, 0) is 53.6 Å². The van der Waals surface area contributed by atoms with E-state index in [4.69, 9.17) is 4.98 Å². The molecule has 0 aliphatic heterocycles. The van der Waals surface area contributed by atoms with Crippen molar-refractivity contribution < 1.29 is 0 Å². The zero-order valence-electron chi connectivity index (χ0n) is 15.5. The lowest BCUT2D eigenvalue weighted by Gasteiger charge is -2.39. The molecule has 1 N–H and O–H groups in total. The maximum Gasteiger partial charge on any atom is 0.137 e. The van der Waals surface area contributed by atoms with Crippen molar-refractivity contribution in [2.24, 2.45) is 23.8 Å². The lowest BCUT2D eigenvalue weighted by molar-refractivity contribution is 0.134. The SMILES string of the molecule is Cn1cc(-c2c[nH]c3ncc(C4CC5CC[C@]4(C)C5(C)C)cc23)cn1. The van der Waals surface area contributed by atoms with Gasteiger partial charge in [0.05, 0.1) is 6.20 Å². The number of hydrogen-bond acceptors (Lipinski definition) is 2. The average Bonchev–Trinajstić information content (AvgIpc) is 3.28. The van der Waals surface area contributed by atoms with Crippen LogP contribution in [0.3, 0.4) is 0 Å². The molecule has 3 heterocycles. The predicted molar refractivity (Wildman–Crippen MR) is 100 cm³/mol. The molecule has 2 unspecified atom stereocenters. The van der Waals surface area contributed by atoms with E-state index < -0.39 is 0 Å². The Morgan fingerprint density at radius 3 is 2.72 bits per heavy atom. The van der Waals surface area contributed by atoms with Crippen LogP contribution in [-0.2, 0) is 7.05 Å². The van der Waals surface area contributed by atoms with Crippen LogP contribution in [0.2, 0.25) is 0 Å². The van der Waals surface area contributed by atoms with Crippen LogP contribution in [0.15, 0.2) is 30.9 Å². The molecule has 4 heteroatoms. The summed E-state index contributed by atoms with van der Waals surface area (Å²) in [6.45, 7) is 7.47. The Bertz CT molecular complexity index is 963. The predicted octanol–water partition coefficient (Wildman–Crippen LogP) is 4.89. The van der Waals surface area contributed by atoms with Crippen LogP contribution >= 0.6 is 0 Å². The van der Waals surface area contributed by atoms with Crippen LogP contribution in [0.4, 0.5) is 0 Å². The highest BCUT2D eigenvalue weighted by Gasteiger charge is 2.61. The standard InChI is InChI=1S/C21H26N4/c1-20(2)15-5-6-21(20,3)18(8-15)13-7-16-17(11-23-19(16)22-9-13)14-10-24-25(4)12-14/h7,9-12,15,18H,5-6,8H2,1-4H3,(H,22,23)/t15?,18?,21-/m0/s1. The maximum atomic E-state index is 4.76. The summed E-state index contributed by atoms with van der Waals surface area (Å²) in [4.78, 5) is 8.08. The maximum absolute atomic E-state index is 4.76. The van der Waals surface area contributed by atoms with Crippen LogP contribution in [0, 0.1) is 16.7 Å². The van der Waals surface area contributed by atoms with Crippen molar-refractivity contribution in [3.05, 3.63) is 36.4 Å². The summed E-state index contributed by atoms with van der Waals surface area (Å²) < 4.78 is 1.85. The molecule has 3 aromatic heterocycles. The van der Waals surface area contributed by atoms with Gasteiger partial charge in [0, 0.05) is 42.2 Å². The third-order valence-electron chi connectivity index (χ3n) is 7.76. The van der Waals surface area contributed by atoms with Crippen molar-refractivity contribution in [2.75, 3.05) is 0 Å². The van der Waals surface area contributed by atoms with E-state index in [1.165, 1.54) is 35.8 Å². The molecule has 5 rings (SSSR count). The molecular formula is C21H26N4. The molecular weight excluding hydrogens is 308 g/mol. The monoisotopic (exact) mass is 334 g/mol. The largest absolute Gasteiger partial charge is 0.346 e. The zero-order valence-corrected chi connectivity index (χ0v) is 15.5. The number of rotatable bonds is 2. The van der Waals surface area contributed by atoms with Crippen molar-refractivity contribution in [2.45, 2.75) is 46.0 Å². The van der Waals surface area contributed by atoms with Gasteiger partial charge in [0.25, 0.3) is 0 Å². The summed E-state index contributed by atoms with van der Waals surface area (Å²) in [5.41, 5.74) is 5.54. The lowest BCUT2D eigenvalue weighted by Crippen LogP contribution is -2.31. The number of pyridine rings is 1. The van der Waals surface area contributed by atoms with E-state index in [-0.39, 0.29) is 0 Å². The fourth-order valence-electron chi connectivity index (χ4n) is 5.72. The van der Waals surface area contributed by atoms with Gasteiger partial charge < -0.3 is 4.98 Å². The van der Waals surface area contributed by atoms with Crippen LogP contribution in [0.25, 0.3) is 22.2 Å². The second-order valence-electron chi connectivity index (χ2n) is 8.93. The minimum absolute atomic E-state index is 0.387. The van der Waals surface area contributed by atoms with Gasteiger partial charge in [-0.2, -0.15) is 5.10 Å². The van der Waals surface area contributed by atoms with Gasteiger partial charge in [-0.1, -0.05) is 20.8 Å². The molecule has 4 nitrogen and oxygen atoms in total. The van der Waals surface area contributed by atoms with Crippen molar-refractivity contribution in [3.63, 3.8) is 0 Å². The topological polar surface area (TPSA) is 46.5 Å². The Kier molecular flexibility index (Phi) is 2.88. The minimum atomic E-state index is 0.387. The van der Waals surface area contributed by atoms with Crippen molar-refractivity contribution >= 4 is 11.0 Å². The van der Waals surface area contributed by atoms with Crippen LogP contribution in [0.5, 0.6) is 0 Å². The summed E-state index contributed by atoms with van der Waals surface area (Å²) in [5, 5.41) is 5.54. The van der Waals surface area contributed by atoms with Gasteiger partial charge in [-0.15, -0.1) is 0 Å². The van der Waals surface area contributed by atoms with Gasteiger partial charge in [-0.3, -0.25) is 4.68 Å². The molecule has 3 atom stereocenters. The van der Waals surface area contributed by atoms with E-state index in [0.717, 1.165) is 17.1 Å². The number of fused-ring (bicyclic) bond motifs is 3. The third kappa shape index (κ3) is 1.88. The van der Waals surface area contributed by atoms with Crippen LogP contribution in [0.1, 0.15) is 51.5 Å². The third-order valence-corrected chi connectivity index (χ3v) is 7.76. The van der Waals surface area contributed by atoms with E-state index >= 15 is 0 Å².